The Bertz CT molecular complexity index is 964. The number of aromatic nitrogens is 1. The van der Waals surface area contributed by atoms with Crippen molar-refractivity contribution in [3.05, 3.63) is 53.5 Å². The summed E-state index contributed by atoms with van der Waals surface area (Å²) in [7, 11) is 0. The number of nitrogens with one attached hydrogen (secondary N) is 1. The van der Waals surface area contributed by atoms with Crippen molar-refractivity contribution in [1.29, 1.82) is 0 Å². The van der Waals surface area contributed by atoms with Crippen molar-refractivity contribution in [3.8, 4) is 11.3 Å². The molecule has 2 aromatic rings. The van der Waals surface area contributed by atoms with Gasteiger partial charge in [-0.2, -0.15) is 13.2 Å². The number of rotatable bonds is 5. The lowest BCUT2D eigenvalue weighted by Gasteiger charge is -2.32. The average Bonchev–Trinajstić information content (AvgIpc) is 2.63. The third-order valence-electron chi connectivity index (χ3n) is 4.49. The number of pyridine rings is 1. The fourth-order valence-electron chi connectivity index (χ4n) is 2.73. The maximum atomic E-state index is 14.0. The molecule has 1 aromatic heterocycles. The Hall–Kier alpha value is -2.72. The van der Waals surface area contributed by atoms with Gasteiger partial charge in [-0.05, 0) is 76.6 Å². The number of nitrogens with zero attached hydrogens (tertiary/aromatic N) is 1. The minimum Gasteiger partial charge on any atom is -0.444 e. The van der Waals surface area contributed by atoms with Crippen molar-refractivity contribution in [2.75, 3.05) is 6.54 Å². The smallest absolute Gasteiger partial charge is 0.424 e. The zero-order valence-electron chi connectivity index (χ0n) is 18.5. The van der Waals surface area contributed by atoms with E-state index in [0.29, 0.717) is 5.56 Å². The van der Waals surface area contributed by atoms with Crippen molar-refractivity contribution < 1.29 is 32.2 Å². The van der Waals surface area contributed by atoms with Crippen LogP contribution in [0, 0.1) is 5.82 Å². The predicted octanol–water partition coefficient (Wildman–Crippen LogP) is 4.36. The van der Waals surface area contributed by atoms with E-state index in [2.05, 4.69) is 4.98 Å². The summed E-state index contributed by atoms with van der Waals surface area (Å²) in [5.41, 5.74) is 0.385. The van der Waals surface area contributed by atoms with E-state index >= 15 is 0 Å². The fourth-order valence-corrected chi connectivity index (χ4v) is 2.73. The van der Waals surface area contributed by atoms with E-state index in [1.807, 2.05) is 5.32 Å². The van der Waals surface area contributed by atoms with Gasteiger partial charge in [0, 0.05) is 11.1 Å². The van der Waals surface area contributed by atoms with E-state index < -0.39 is 47.1 Å². The predicted molar refractivity (Wildman–Crippen MR) is 111 cm³/mol. The van der Waals surface area contributed by atoms with Crippen molar-refractivity contribution >= 4 is 6.09 Å². The van der Waals surface area contributed by atoms with Gasteiger partial charge in [0.2, 0.25) is 5.60 Å². The summed E-state index contributed by atoms with van der Waals surface area (Å²) in [4.78, 5) is 15.9. The van der Waals surface area contributed by atoms with E-state index in [9.17, 15) is 27.5 Å². The van der Waals surface area contributed by atoms with Crippen molar-refractivity contribution in [2.24, 2.45) is 5.73 Å². The van der Waals surface area contributed by atoms with Gasteiger partial charge in [0.25, 0.3) is 0 Å². The van der Waals surface area contributed by atoms with Crippen LogP contribution in [0.2, 0.25) is 0 Å². The standard InChI is InChI=1S/C22H27F4N3O3/c1-19(2,3)32-18(30)28-12-21(31,22(24,25)26)17-11-14(20(4,5)27)10-16(29-17)13-6-8-15(23)9-7-13/h6-11,31H,12,27H2,1-5H3,(H,28,30). The minimum absolute atomic E-state index is 0.0518. The molecule has 1 heterocycles. The number of hydrogen-bond acceptors (Lipinski definition) is 5. The summed E-state index contributed by atoms with van der Waals surface area (Å²) in [5, 5.41) is 12.7. The van der Waals surface area contributed by atoms with E-state index in [4.69, 9.17) is 10.5 Å². The van der Waals surface area contributed by atoms with Crippen LogP contribution in [0.3, 0.4) is 0 Å². The summed E-state index contributed by atoms with van der Waals surface area (Å²) in [6.07, 6.45) is -6.33. The number of alkyl halides is 3. The highest BCUT2D eigenvalue weighted by molar-refractivity contribution is 5.68. The van der Waals surface area contributed by atoms with Crippen LogP contribution in [0.4, 0.5) is 22.4 Å². The number of carbonyl (C=O) groups is 1. The summed E-state index contributed by atoms with van der Waals surface area (Å²) in [5.74, 6) is -0.530. The van der Waals surface area contributed by atoms with Gasteiger partial charge in [0.05, 0.1) is 17.9 Å². The van der Waals surface area contributed by atoms with Crippen LogP contribution >= 0.6 is 0 Å². The first-order valence-corrected chi connectivity index (χ1v) is 9.76. The van der Waals surface area contributed by atoms with Crippen LogP contribution < -0.4 is 11.1 Å². The minimum atomic E-state index is -5.20. The largest absolute Gasteiger partial charge is 0.444 e. The van der Waals surface area contributed by atoms with Crippen LogP contribution in [0.1, 0.15) is 45.9 Å². The number of hydrogen-bond donors (Lipinski definition) is 3. The number of halogens is 4. The van der Waals surface area contributed by atoms with E-state index in [1.165, 1.54) is 18.2 Å². The SMILES string of the molecule is CC(C)(C)OC(=O)NCC(O)(c1cc(C(C)(C)N)cc(-c2ccc(F)cc2)n1)C(F)(F)F. The molecule has 10 heteroatoms. The van der Waals surface area contributed by atoms with Gasteiger partial charge in [-0.1, -0.05) is 0 Å². The lowest BCUT2D eigenvalue weighted by Crippen LogP contribution is -2.52. The lowest BCUT2D eigenvalue weighted by atomic mass is 9.89. The van der Waals surface area contributed by atoms with Crippen molar-refractivity contribution in [1.82, 2.24) is 10.3 Å². The summed E-state index contributed by atoms with van der Waals surface area (Å²) in [6.45, 7) is 6.55. The third-order valence-corrected chi connectivity index (χ3v) is 4.49. The highest BCUT2D eigenvalue weighted by atomic mass is 19.4. The van der Waals surface area contributed by atoms with Crippen LogP contribution in [-0.2, 0) is 15.9 Å². The normalized spacial score (nSPS) is 14.6. The molecule has 0 saturated carbocycles. The van der Waals surface area contributed by atoms with E-state index in [1.54, 1.807) is 34.6 Å². The molecule has 2 rings (SSSR count). The number of nitrogens with two attached hydrogens (primary N) is 1. The highest BCUT2D eigenvalue weighted by Crippen LogP contribution is 2.40. The molecule has 0 saturated heterocycles. The molecule has 1 unspecified atom stereocenters. The summed E-state index contributed by atoms with van der Waals surface area (Å²) >= 11 is 0. The molecule has 4 N–H and O–H groups in total. The second-order valence-corrected chi connectivity index (χ2v) is 9.07. The molecule has 32 heavy (non-hydrogen) atoms. The van der Waals surface area contributed by atoms with Gasteiger partial charge in [-0.15, -0.1) is 0 Å². The number of ether oxygens (including phenoxy) is 1. The Morgan fingerprint density at radius 3 is 2.12 bits per heavy atom. The summed E-state index contributed by atoms with van der Waals surface area (Å²) in [6, 6.07) is 7.47. The van der Waals surface area contributed by atoms with Crippen LogP contribution in [-0.4, -0.2) is 34.5 Å². The molecule has 0 fully saturated rings. The molecule has 1 atom stereocenters. The van der Waals surface area contributed by atoms with Gasteiger partial charge >= 0.3 is 12.3 Å². The van der Waals surface area contributed by atoms with Gasteiger partial charge in [0.1, 0.15) is 11.4 Å². The topological polar surface area (TPSA) is 97.5 Å². The van der Waals surface area contributed by atoms with Gasteiger partial charge in [-0.3, -0.25) is 0 Å². The quantitative estimate of drug-likeness (QED) is 0.580. The molecule has 6 nitrogen and oxygen atoms in total. The van der Waals surface area contributed by atoms with Gasteiger partial charge in [0.15, 0.2) is 0 Å². The zero-order valence-corrected chi connectivity index (χ0v) is 18.5. The Kier molecular flexibility index (Phi) is 6.92. The Morgan fingerprint density at radius 1 is 1.09 bits per heavy atom. The Labute approximate surface area is 183 Å². The molecule has 0 radical (unpaired) electrons. The fraction of sp³-hybridized carbons (Fsp3) is 0.455. The average molecular weight is 457 g/mol. The molecular weight excluding hydrogens is 430 g/mol. The molecule has 1 amide bonds. The molecule has 0 aliphatic rings. The third kappa shape index (κ3) is 6.17. The number of amides is 1. The van der Waals surface area contributed by atoms with Gasteiger partial charge in [-0.25, -0.2) is 14.2 Å². The van der Waals surface area contributed by atoms with Crippen molar-refractivity contribution in [2.45, 2.75) is 57.5 Å². The molecule has 0 spiro atoms. The highest BCUT2D eigenvalue weighted by Gasteiger charge is 2.56. The molecule has 0 bridgehead atoms. The Balaban J connectivity index is 2.58. The molecular formula is C22H27F4N3O3. The molecule has 0 aliphatic carbocycles. The Morgan fingerprint density at radius 2 is 1.66 bits per heavy atom. The van der Waals surface area contributed by atoms with Crippen LogP contribution in [0.25, 0.3) is 11.3 Å². The summed E-state index contributed by atoms with van der Waals surface area (Å²) < 4.78 is 60.4. The van der Waals surface area contributed by atoms with Crippen molar-refractivity contribution in [3.63, 3.8) is 0 Å². The number of alkyl carbamates (subject to hydrolysis) is 1. The lowest BCUT2D eigenvalue weighted by molar-refractivity contribution is -0.265. The first-order chi connectivity index (χ1) is 14.4. The van der Waals surface area contributed by atoms with Gasteiger partial charge < -0.3 is 20.9 Å². The first-order valence-electron chi connectivity index (χ1n) is 9.76. The van der Waals surface area contributed by atoms with Crippen LogP contribution in [0.15, 0.2) is 36.4 Å². The molecule has 1 aromatic carbocycles. The van der Waals surface area contributed by atoms with E-state index in [-0.39, 0.29) is 11.3 Å². The maximum absolute atomic E-state index is 14.0. The number of benzene rings is 1. The number of aliphatic hydroxyl groups is 1. The van der Waals surface area contributed by atoms with Crippen LogP contribution in [0.5, 0.6) is 0 Å². The second kappa shape index (κ2) is 8.67. The molecule has 176 valence electrons. The molecule has 0 aliphatic heterocycles. The second-order valence-electron chi connectivity index (χ2n) is 9.07. The monoisotopic (exact) mass is 457 g/mol. The van der Waals surface area contributed by atoms with E-state index in [0.717, 1.165) is 18.2 Å². The maximum Gasteiger partial charge on any atom is 0.424 e. The zero-order chi connectivity index (χ0) is 24.5. The first kappa shape index (κ1) is 25.5. The number of carbonyl (C=O) groups excluding carboxylic acids is 1.